The molecule has 0 aliphatic carbocycles. The Morgan fingerprint density at radius 1 is 0.842 bits per heavy atom. The average Bonchev–Trinajstić information content (AvgIpc) is 3.34. The average molecular weight is 529 g/mol. The van der Waals surface area contributed by atoms with Gasteiger partial charge in [0.2, 0.25) is 5.60 Å². The third-order valence-corrected chi connectivity index (χ3v) is 6.16. The predicted molar refractivity (Wildman–Crippen MR) is 148 cm³/mol. The molecule has 0 saturated heterocycles. The number of rotatable bonds is 8. The molecule has 0 unspecified atom stereocenters. The van der Waals surface area contributed by atoms with E-state index in [9.17, 15) is 9.59 Å². The minimum atomic E-state index is -1.20. The summed E-state index contributed by atoms with van der Waals surface area (Å²) in [6, 6.07) is 28.8. The van der Waals surface area contributed by atoms with E-state index in [-0.39, 0.29) is 16.5 Å². The van der Waals surface area contributed by atoms with E-state index in [4.69, 9.17) is 15.3 Å². The van der Waals surface area contributed by atoms with E-state index < -0.39 is 23.2 Å². The number of amides is 2. The SMILES string of the molecule is CC(C)(C)OC(=O)Nc1nc(/C(=N/OC(c2ccccc2)(c2ccccc2)c2ccccc2)C(N)=O)cs1. The van der Waals surface area contributed by atoms with Crippen molar-refractivity contribution in [1.29, 1.82) is 0 Å². The van der Waals surface area contributed by atoms with Gasteiger partial charge < -0.3 is 15.3 Å². The molecule has 0 saturated carbocycles. The molecule has 1 aromatic heterocycles. The van der Waals surface area contributed by atoms with Gasteiger partial charge in [0.25, 0.3) is 5.91 Å². The minimum Gasteiger partial charge on any atom is -0.444 e. The number of ether oxygens (including phenoxy) is 1. The Kier molecular flexibility index (Phi) is 7.87. The first-order valence-corrected chi connectivity index (χ1v) is 12.8. The molecule has 0 bridgehead atoms. The second-order valence-electron chi connectivity index (χ2n) is 9.34. The van der Waals surface area contributed by atoms with Crippen molar-refractivity contribution in [3.8, 4) is 0 Å². The Bertz CT molecular complexity index is 1320. The van der Waals surface area contributed by atoms with Crippen molar-refractivity contribution in [3.63, 3.8) is 0 Å². The summed E-state index contributed by atoms with van der Waals surface area (Å²) in [6.45, 7) is 5.27. The van der Waals surface area contributed by atoms with Crippen molar-refractivity contribution in [2.24, 2.45) is 10.9 Å². The van der Waals surface area contributed by atoms with Crippen LogP contribution in [0.4, 0.5) is 9.93 Å². The van der Waals surface area contributed by atoms with Gasteiger partial charge in [-0.15, -0.1) is 11.3 Å². The fourth-order valence-electron chi connectivity index (χ4n) is 3.84. The van der Waals surface area contributed by atoms with Crippen molar-refractivity contribution >= 4 is 34.2 Å². The number of carbonyl (C=O) groups excluding carboxylic acids is 2. The number of hydrogen-bond acceptors (Lipinski definition) is 7. The molecule has 0 spiro atoms. The molecule has 0 atom stereocenters. The molecule has 3 aromatic carbocycles. The van der Waals surface area contributed by atoms with E-state index in [0.717, 1.165) is 28.0 Å². The van der Waals surface area contributed by atoms with Crippen LogP contribution in [0.15, 0.2) is 102 Å². The molecule has 38 heavy (non-hydrogen) atoms. The first-order valence-electron chi connectivity index (χ1n) is 11.9. The van der Waals surface area contributed by atoms with E-state index in [0.29, 0.717) is 0 Å². The highest BCUT2D eigenvalue weighted by molar-refractivity contribution is 7.14. The fourth-order valence-corrected chi connectivity index (χ4v) is 4.52. The zero-order valence-corrected chi connectivity index (χ0v) is 22.1. The quantitative estimate of drug-likeness (QED) is 0.173. The van der Waals surface area contributed by atoms with Crippen LogP contribution in [0.2, 0.25) is 0 Å². The standard InChI is InChI=1S/C29H28N4O4S/c1-28(2,3)36-27(35)32-26-31-23(19-38-26)24(25(30)34)33-37-29(20-13-7-4-8-14-20,21-15-9-5-10-16-21)22-17-11-6-12-18-22/h4-19H,1-3H3,(H2,30,34)(H,31,32,35)/b33-24-. The predicted octanol–water partition coefficient (Wildman–Crippen LogP) is 5.69. The highest BCUT2D eigenvalue weighted by Crippen LogP contribution is 2.40. The van der Waals surface area contributed by atoms with Crippen LogP contribution in [0.5, 0.6) is 0 Å². The second kappa shape index (κ2) is 11.3. The summed E-state index contributed by atoms with van der Waals surface area (Å²) in [5, 5.41) is 8.64. The summed E-state index contributed by atoms with van der Waals surface area (Å²) in [5.74, 6) is -0.831. The van der Waals surface area contributed by atoms with Crippen LogP contribution >= 0.6 is 11.3 Å². The van der Waals surface area contributed by atoms with Crippen molar-refractivity contribution in [1.82, 2.24) is 4.98 Å². The van der Waals surface area contributed by atoms with Crippen LogP contribution in [-0.4, -0.2) is 28.3 Å². The lowest BCUT2D eigenvalue weighted by molar-refractivity contribution is -0.112. The van der Waals surface area contributed by atoms with Crippen molar-refractivity contribution in [2.75, 3.05) is 5.32 Å². The molecule has 1 heterocycles. The lowest BCUT2D eigenvalue weighted by atomic mass is 9.80. The molecule has 0 aliphatic heterocycles. The Hall–Kier alpha value is -4.50. The number of benzene rings is 3. The van der Waals surface area contributed by atoms with Crippen molar-refractivity contribution in [2.45, 2.75) is 32.0 Å². The molecule has 0 radical (unpaired) electrons. The molecule has 194 valence electrons. The molecule has 0 aliphatic rings. The number of hydrogen-bond donors (Lipinski definition) is 2. The maximum absolute atomic E-state index is 12.5. The van der Waals surface area contributed by atoms with E-state index in [2.05, 4.69) is 15.5 Å². The molecule has 3 N–H and O–H groups in total. The summed E-state index contributed by atoms with van der Waals surface area (Å²) in [6.07, 6.45) is -0.663. The molecule has 8 nitrogen and oxygen atoms in total. The lowest BCUT2D eigenvalue weighted by Gasteiger charge is -2.33. The number of aromatic nitrogens is 1. The Balaban J connectivity index is 1.77. The highest BCUT2D eigenvalue weighted by Gasteiger charge is 2.40. The maximum Gasteiger partial charge on any atom is 0.413 e. The van der Waals surface area contributed by atoms with Gasteiger partial charge in [-0.1, -0.05) is 96.2 Å². The normalized spacial score (nSPS) is 12.0. The second-order valence-corrected chi connectivity index (χ2v) is 10.2. The Morgan fingerprint density at radius 2 is 1.32 bits per heavy atom. The highest BCUT2D eigenvalue weighted by atomic mass is 32.1. The van der Waals surface area contributed by atoms with Crippen LogP contribution in [-0.2, 0) is 20.0 Å². The molecule has 0 fully saturated rings. The van der Waals surface area contributed by atoms with Gasteiger partial charge in [-0.25, -0.2) is 9.78 Å². The summed E-state index contributed by atoms with van der Waals surface area (Å²) >= 11 is 1.10. The monoisotopic (exact) mass is 528 g/mol. The third-order valence-electron chi connectivity index (χ3n) is 5.40. The van der Waals surface area contributed by atoms with Crippen molar-refractivity contribution in [3.05, 3.63) is 119 Å². The molecule has 4 rings (SSSR count). The van der Waals surface area contributed by atoms with Crippen LogP contribution in [0.25, 0.3) is 0 Å². The summed E-state index contributed by atoms with van der Waals surface area (Å²) < 4.78 is 5.27. The number of oxime groups is 1. The minimum absolute atomic E-state index is 0.164. The van der Waals surface area contributed by atoms with E-state index in [1.807, 2.05) is 91.0 Å². The van der Waals surface area contributed by atoms with Gasteiger partial charge >= 0.3 is 6.09 Å². The van der Waals surface area contributed by atoms with Gasteiger partial charge in [0.1, 0.15) is 11.3 Å². The van der Waals surface area contributed by atoms with Gasteiger partial charge in [-0.2, -0.15) is 0 Å². The third kappa shape index (κ3) is 6.07. The fraction of sp³-hybridized carbons (Fsp3) is 0.172. The van der Waals surface area contributed by atoms with Gasteiger partial charge in [0.15, 0.2) is 10.8 Å². The van der Waals surface area contributed by atoms with Crippen LogP contribution < -0.4 is 11.1 Å². The Labute approximate surface area is 225 Å². The number of anilines is 1. The first kappa shape index (κ1) is 26.6. The van der Waals surface area contributed by atoms with Gasteiger partial charge in [0.05, 0.1) is 0 Å². The first-order chi connectivity index (χ1) is 18.2. The summed E-state index contributed by atoms with van der Waals surface area (Å²) in [4.78, 5) is 35.3. The van der Waals surface area contributed by atoms with E-state index in [1.165, 1.54) is 0 Å². The largest absolute Gasteiger partial charge is 0.444 e. The van der Waals surface area contributed by atoms with Crippen molar-refractivity contribution < 1.29 is 19.2 Å². The Morgan fingerprint density at radius 3 is 1.74 bits per heavy atom. The zero-order chi connectivity index (χ0) is 27.2. The lowest BCUT2D eigenvalue weighted by Crippen LogP contribution is -2.33. The zero-order valence-electron chi connectivity index (χ0n) is 21.3. The van der Waals surface area contributed by atoms with E-state index in [1.54, 1.807) is 26.2 Å². The summed E-state index contributed by atoms with van der Waals surface area (Å²) in [7, 11) is 0. The number of thiazole rings is 1. The molecule has 2 amide bonds. The van der Waals surface area contributed by atoms with E-state index >= 15 is 0 Å². The smallest absolute Gasteiger partial charge is 0.413 e. The molecular weight excluding hydrogens is 500 g/mol. The number of primary amides is 1. The number of carbonyl (C=O) groups is 2. The number of nitrogens with zero attached hydrogens (tertiary/aromatic N) is 2. The molecule has 9 heteroatoms. The maximum atomic E-state index is 12.5. The van der Waals surface area contributed by atoms with Gasteiger partial charge in [-0.3, -0.25) is 10.1 Å². The molecule has 4 aromatic rings. The van der Waals surface area contributed by atoms with Crippen LogP contribution in [0.3, 0.4) is 0 Å². The number of nitrogens with two attached hydrogens (primary N) is 1. The van der Waals surface area contributed by atoms with Gasteiger partial charge in [0, 0.05) is 22.1 Å². The van der Waals surface area contributed by atoms with Gasteiger partial charge in [-0.05, 0) is 20.8 Å². The topological polar surface area (TPSA) is 116 Å². The number of nitrogens with one attached hydrogen (secondary N) is 1. The van der Waals surface area contributed by atoms with Crippen LogP contribution in [0.1, 0.15) is 43.2 Å². The summed E-state index contributed by atoms with van der Waals surface area (Å²) in [5.41, 5.74) is 6.22. The molecular formula is C29H28N4O4S. The van der Waals surface area contributed by atoms with Crippen LogP contribution in [0, 0.1) is 0 Å².